The first kappa shape index (κ1) is 31.5. The molecule has 0 aliphatic rings. The molecular weight excluding hydrogens is 705 g/mol. The Morgan fingerprint density at radius 1 is 0.241 bits per heavy atom. The van der Waals surface area contributed by atoms with E-state index in [0.717, 1.165) is 54.6 Å². The zero-order chi connectivity index (χ0) is 37.9. The van der Waals surface area contributed by atoms with Crippen molar-refractivity contribution in [3.8, 4) is 33.4 Å². The Kier molecular flexibility index (Phi) is 6.47. The van der Waals surface area contributed by atoms with E-state index in [2.05, 4.69) is 182 Å². The van der Waals surface area contributed by atoms with Crippen LogP contribution in [0.15, 0.2) is 203 Å². The Balaban J connectivity index is 0.926. The molecule has 2 aromatic heterocycles. The second-order valence-corrected chi connectivity index (χ2v) is 15.6. The smallest absolute Gasteiger partial charge is 0.143 e. The summed E-state index contributed by atoms with van der Waals surface area (Å²) in [6.45, 7) is 0. The van der Waals surface area contributed by atoms with Crippen molar-refractivity contribution in [2.75, 3.05) is 0 Å². The fourth-order valence-corrected chi connectivity index (χ4v) is 9.72. The molecule has 2 heteroatoms. The number of hydrogen-bond acceptors (Lipinski definition) is 2. The first-order valence-corrected chi connectivity index (χ1v) is 19.9. The Hall–Kier alpha value is -7.68. The van der Waals surface area contributed by atoms with Crippen molar-refractivity contribution in [3.05, 3.63) is 194 Å². The highest BCUT2D eigenvalue weighted by molar-refractivity contribution is 6.26. The highest BCUT2D eigenvalue weighted by Gasteiger charge is 2.19. The van der Waals surface area contributed by atoms with Crippen molar-refractivity contribution in [1.82, 2.24) is 0 Å². The van der Waals surface area contributed by atoms with E-state index in [1.165, 1.54) is 76.5 Å². The van der Waals surface area contributed by atoms with Gasteiger partial charge in [0.05, 0.1) is 0 Å². The lowest BCUT2D eigenvalue weighted by Gasteiger charge is -2.18. The maximum Gasteiger partial charge on any atom is 0.143 e. The van der Waals surface area contributed by atoms with Crippen molar-refractivity contribution in [2.24, 2.45) is 0 Å². The van der Waals surface area contributed by atoms with Crippen LogP contribution in [-0.2, 0) is 0 Å². The summed E-state index contributed by atoms with van der Waals surface area (Å²) in [6.07, 6.45) is 0. The second kappa shape index (κ2) is 11.9. The maximum atomic E-state index is 6.60. The molecule has 0 saturated heterocycles. The van der Waals surface area contributed by atoms with Crippen LogP contribution >= 0.6 is 0 Å². The van der Waals surface area contributed by atoms with Crippen molar-refractivity contribution in [1.29, 1.82) is 0 Å². The Morgan fingerprint density at radius 2 is 0.690 bits per heavy atom. The molecule has 268 valence electrons. The first-order chi connectivity index (χ1) is 28.7. The molecule has 0 fully saturated rings. The average molecular weight is 737 g/mol. The molecule has 0 aliphatic heterocycles. The van der Waals surface area contributed by atoms with Gasteiger partial charge in [-0.3, -0.25) is 0 Å². The number of para-hydroxylation sites is 1. The third kappa shape index (κ3) is 4.54. The molecule has 0 amide bonds. The predicted octanol–water partition coefficient (Wildman–Crippen LogP) is 16.3. The standard InChI is InChI=1S/C56H32O2/c1-2-10-34-30-39(21-17-33(34)9-1)53-41-11-3-5-13-43(41)54(44-14-6-4-12-42(44)53)40-22-20-35-29-36(18-19-37(35)31-40)38-23-27-51-49(32-38)47-25-24-45-46(56(47)58-51)26-28-52-55(45)48-15-7-8-16-50(48)57-52/h1-32H. The summed E-state index contributed by atoms with van der Waals surface area (Å²) in [6, 6.07) is 70.5. The highest BCUT2D eigenvalue weighted by atomic mass is 16.3. The molecule has 58 heavy (non-hydrogen) atoms. The summed E-state index contributed by atoms with van der Waals surface area (Å²) in [4.78, 5) is 0. The molecule has 2 nitrogen and oxygen atoms in total. The summed E-state index contributed by atoms with van der Waals surface area (Å²) < 4.78 is 12.8. The van der Waals surface area contributed by atoms with Gasteiger partial charge < -0.3 is 8.83 Å². The molecular formula is C56H32O2. The van der Waals surface area contributed by atoms with E-state index in [1.807, 2.05) is 12.1 Å². The Labute approximate surface area is 332 Å². The van der Waals surface area contributed by atoms with E-state index in [9.17, 15) is 0 Å². The SMILES string of the molecule is c1ccc2cc(-c3c4ccccc4c(-c4ccc5cc(-c6ccc7oc8c(ccc9c8ccc8oc%10ccccc%10c89)c7c6)ccc5c4)c4ccccc34)ccc2c1. The third-order valence-corrected chi connectivity index (χ3v) is 12.4. The van der Waals surface area contributed by atoms with Gasteiger partial charge in [-0.15, -0.1) is 0 Å². The highest BCUT2D eigenvalue weighted by Crippen LogP contribution is 2.45. The van der Waals surface area contributed by atoms with Gasteiger partial charge in [0.25, 0.3) is 0 Å². The van der Waals surface area contributed by atoms with Gasteiger partial charge >= 0.3 is 0 Å². The van der Waals surface area contributed by atoms with Gasteiger partial charge in [-0.2, -0.15) is 0 Å². The van der Waals surface area contributed by atoms with Crippen LogP contribution in [-0.4, -0.2) is 0 Å². The summed E-state index contributed by atoms with van der Waals surface area (Å²) in [5.41, 5.74) is 11.0. The molecule has 0 unspecified atom stereocenters. The fraction of sp³-hybridized carbons (Fsp3) is 0. The molecule has 13 aromatic rings. The summed E-state index contributed by atoms with van der Waals surface area (Å²) in [5, 5.41) is 16.7. The number of benzene rings is 11. The largest absolute Gasteiger partial charge is 0.456 e. The van der Waals surface area contributed by atoms with Crippen molar-refractivity contribution >= 4 is 97.7 Å². The van der Waals surface area contributed by atoms with Crippen LogP contribution in [0.1, 0.15) is 0 Å². The zero-order valence-corrected chi connectivity index (χ0v) is 31.3. The molecule has 13 rings (SSSR count). The quantitative estimate of drug-likeness (QED) is 0.169. The normalized spacial score (nSPS) is 12.1. The predicted molar refractivity (Wildman–Crippen MR) is 245 cm³/mol. The topological polar surface area (TPSA) is 26.3 Å². The van der Waals surface area contributed by atoms with Gasteiger partial charge in [-0.25, -0.2) is 0 Å². The maximum absolute atomic E-state index is 6.60. The molecule has 11 aromatic carbocycles. The van der Waals surface area contributed by atoms with Gasteiger partial charge in [-0.05, 0) is 136 Å². The van der Waals surface area contributed by atoms with E-state index in [1.54, 1.807) is 0 Å². The van der Waals surface area contributed by atoms with E-state index in [-0.39, 0.29) is 0 Å². The van der Waals surface area contributed by atoms with Gasteiger partial charge in [-0.1, -0.05) is 140 Å². The van der Waals surface area contributed by atoms with Gasteiger partial charge in [0, 0.05) is 26.9 Å². The van der Waals surface area contributed by atoms with E-state index < -0.39 is 0 Å². The fourth-order valence-electron chi connectivity index (χ4n) is 9.72. The van der Waals surface area contributed by atoms with Crippen LogP contribution in [0, 0.1) is 0 Å². The van der Waals surface area contributed by atoms with Crippen LogP contribution in [0.5, 0.6) is 0 Å². The minimum Gasteiger partial charge on any atom is -0.456 e. The zero-order valence-electron chi connectivity index (χ0n) is 31.3. The minimum absolute atomic E-state index is 0.889. The lowest BCUT2D eigenvalue weighted by molar-refractivity contribution is 0.669. The molecule has 0 N–H and O–H groups in total. The molecule has 0 aliphatic carbocycles. The lowest BCUT2D eigenvalue weighted by atomic mass is 9.85. The first-order valence-electron chi connectivity index (χ1n) is 19.9. The van der Waals surface area contributed by atoms with E-state index >= 15 is 0 Å². The summed E-state index contributed by atoms with van der Waals surface area (Å²) in [7, 11) is 0. The van der Waals surface area contributed by atoms with E-state index in [4.69, 9.17) is 8.83 Å². The monoisotopic (exact) mass is 736 g/mol. The molecule has 0 saturated carbocycles. The molecule has 0 atom stereocenters. The van der Waals surface area contributed by atoms with Crippen molar-refractivity contribution < 1.29 is 8.83 Å². The molecule has 0 spiro atoms. The van der Waals surface area contributed by atoms with Crippen LogP contribution in [0.3, 0.4) is 0 Å². The van der Waals surface area contributed by atoms with Crippen LogP contribution < -0.4 is 0 Å². The van der Waals surface area contributed by atoms with Gasteiger partial charge in [0.2, 0.25) is 0 Å². The number of rotatable bonds is 3. The number of fused-ring (bicyclic) bond motifs is 13. The number of hydrogen-bond donors (Lipinski definition) is 0. The second-order valence-electron chi connectivity index (χ2n) is 15.6. The average Bonchev–Trinajstić information content (AvgIpc) is 3.86. The van der Waals surface area contributed by atoms with Crippen LogP contribution in [0.2, 0.25) is 0 Å². The Morgan fingerprint density at radius 3 is 1.40 bits per heavy atom. The Bertz CT molecular complexity index is 3800. The number of furan rings is 2. The molecule has 0 bridgehead atoms. The minimum atomic E-state index is 0.889. The summed E-state index contributed by atoms with van der Waals surface area (Å²) >= 11 is 0. The van der Waals surface area contributed by atoms with Crippen molar-refractivity contribution in [3.63, 3.8) is 0 Å². The summed E-state index contributed by atoms with van der Waals surface area (Å²) in [5.74, 6) is 0. The van der Waals surface area contributed by atoms with Crippen LogP contribution in [0.4, 0.5) is 0 Å². The van der Waals surface area contributed by atoms with Crippen molar-refractivity contribution in [2.45, 2.75) is 0 Å². The third-order valence-electron chi connectivity index (χ3n) is 12.4. The van der Waals surface area contributed by atoms with Crippen LogP contribution in [0.25, 0.3) is 131 Å². The lowest BCUT2D eigenvalue weighted by Crippen LogP contribution is -1.91. The van der Waals surface area contributed by atoms with Gasteiger partial charge in [0.1, 0.15) is 22.3 Å². The van der Waals surface area contributed by atoms with Gasteiger partial charge in [0.15, 0.2) is 0 Å². The molecule has 0 radical (unpaired) electrons. The molecule has 2 heterocycles. The van der Waals surface area contributed by atoms with E-state index in [0.29, 0.717) is 0 Å².